The summed E-state index contributed by atoms with van der Waals surface area (Å²) in [6, 6.07) is 6.08. The van der Waals surface area contributed by atoms with Gasteiger partial charge in [-0.1, -0.05) is 0 Å². The summed E-state index contributed by atoms with van der Waals surface area (Å²) >= 11 is 0. The number of anilines is 1. The number of carbonyl (C=O) groups excluding carboxylic acids is 1. The molecular weight excluding hydrogens is 254 g/mol. The molecule has 0 atom stereocenters. The van der Waals surface area contributed by atoms with E-state index in [0.29, 0.717) is 18.3 Å². The smallest absolute Gasteiger partial charge is 0.279 e. The molecule has 0 spiro atoms. The van der Waals surface area contributed by atoms with Crippen LogP contribution in [0.15, 0.2) is 29.2 Å². The molecule has 5 N–H and O–H groups in total. The maximum atomic E-state index is 11.5. The van der Waals surface area contributed by atoms with Crippen molar-refractivity contribution in [1.29, 1.82) is 0 Å². The van der Waals surface area contributed by atoms with Crippen molar-refractivity contribution in [3.05, 3.63) is 24.3 Å². The van der Waals surface area contributed by atoms with Gasteiger partial charge in [-0.05, 0) is 38.1 Å². The third kappa shape index (κ3) is 4.82. The summed E-state index contributed by atoms with van der Waals surface area (Å²) in [5, 5.41) is 9.54. The Morgan fingerprint density at radius 3 is 2.33 bits per heavy atom. The van der Waals surface area contributed by atoms with E-state index in [9.17, 15) is 13.2 Å². The average Bonchev–Trinajstić information content (AvgIpc) is 2.26. The van der Waals surface area contributed by atoms with E-state index in [2.05, 4.69) is 5.32 Å². The van der Waals surface area contributed by atoms with E-state index in [1.807, 2.05) is 19.2 Å². The predicted molar refractivity (Wildman–Crippen MR) is 68.4 cm³/mol. The first-order valence-electron chi connectivity index (χ1n) is 5.55. The summed E-state index contributed by atoms with van der Waals surface area (Å²) in [6.07, 6.45) is 0. The van der Waals surface area contributed by atoms with Gasteiger partial charge < -0.3 is 10.6 Å². The molecule has 0 bridgehead atoms. The minimum atomic E-state index is -3.69. The maximum absolute atomic E-state index is 11.5. The Kier molecular flexibility index (Phi) is 4.83. The second-order valence-corrected chi connectivity index (χ2v) is 5.86. The molecule has 0 aliphatic heterocycles. The molecule has 0 saturated carbocycles. The molecule has 0 aliphatic carbocycles. The number of nitrogens with two attached hydrogens (primary N) is 2. The zero-order chi connectivity index (χ0) is 13.8. The van der Waals surface area contributed by atoms with Crippen LogP contribution in [0.4, 0.5) is 5.69 Å². The van der Waals surface area contributed by atoms with Crippen molar-refractivity contribution >= 4 is 21.6 Å². The standard InChI is InChI=1S/C11H17N3O3S/c1-8(2)13-7-11(15)14-9-3-5-10(6-4-9)18(12,16)17/h3-6,8,13H,7H2,1-2H3,(H,14,15)(H2,12,16,17)/p+1. The van der Waals surface area contributed by atoms with Crippen molar-refractivity contribution in [2.45, 2.75) is 24.8 Å². The Morgan fingerprint density at radius 2 is 1.89 bits per heavy atom. The second kappa shape index (κ2) is 5.94. The highest BCUT2D eigenvalue weighted by Gasteiger charge is 2.09. The van der Waals surface area contributed by atoms with E-state index in [1.165, 1.54) is 24.3 Å². The summed E-state index contributed by atoms with van der Waals surface area (Å²) in [6.45, 7) is 4.32. The number of hydrogen-bond acceptors (Lipinski definition) is 3. The third-order valence-corrected chi connectivity index (χ3v) is 3.17. The lowest BCUT2D eigenvalue weighted by atomic mass is 10.3. The number of nitrogens with one attached hydrogen (secondary N) is 1. The van der Waals surface area contributed by atoms with E-state index in [4.69, 9.17) is 5.14 Å². The molecular formula is C11H18N3O3S+. The van der Waals surface area contributed by atoms with Crippen LogP contribution in [0.2, 0.25) is 0 Å². The molecule has 7 heteroatoms. The first kappa shape index (κ1) is 14.6. The number of primary sulfonamides is 1. The van der Waals surface area contributed by atoms with Gasteiger partial charge in [0, 0.05) is 5.69 Å². The highest BCUT2D eigenvalue weighted by atomic mass is 32.2. The number of rotatable bonds is 5. The maximum Gasteiger partial charge on any atom is 0.279 e. The van der Waals surface area contributed by atoms with E-state index in [-0.39, 0.29) is 10.8 Å². The normalized spacial score (nSPS) is 11.6. The molecule has 1 rings (SSSR count). The van der Waals surface area contributed by atoms with Crippen molar-refractivity contribution in [2.24, 2.45) is 5.14 Å². The minimum absolute atomic E-state index is 0.0224. The molecule has 1 aromatic carbocycles. The summed E-state index contributed by atoms with van der Waals surface area (Å²) in [5.41, 5.74) is 0.546. The summed E-state index contributed by atoms with van der Waals surface area (Å²) in [5.74, 6) is -0.132. The number of benzene rings is 1. The average molecular weight is 272 g/mol. The molecule has 0 aromatic heterocycles. The largest absolute Gasteiger partial charge is 0.336 e. The van der Waals surface area contributed by atoms with Crippen LogP contribution in [0, 0.1) is 0 Å². The van der Waals surface area contributed by atoms with Crippen LogP contribution in [0.25, 0.3) is 0 Å². The molecule has 0 radical (unpaired) electrons. The molecule has 18 heavy (non-hydrogen) atoms. The van der Waals surface area contributed by atoms with E-state index >= 15 is 0 Å². The van der Waals surface area contributed by atoms with Gasteiger partial charge in [0.05, 0.1) is 10.9 Å². The lowest BCUT2D eigenvalue weighted by Crippen LogP contribution is -2.90. The molecule has 1 amide bonds. The molecule has 0 unspecified atom stereocenters. The first-order chi connectivity index (χ1) is 8.29. The third-order valence-electron chi connectivity index (χ3n) is 2.24. The monoisotopic (exact) mass is 272 g/mol. The Morgan fingerprint density at radius 1 is 1.33 bits per heavy atom. The highest BCUT2D eigenvalue weighted by molar-refractivity contribution is 7.89. The molecule has 0 saturated heterocycles. The summed E-state index contributed by atoms with van der Waals surface area (Å²) < 4.78 is 22.1. The van der Waals surface area contributed by atoms with Crippen LogP contribution >= 0.6 is 0 Å². The van der Waals surface area contributed by atoms with Gasteiger partial charge in [-0.25, -0.2) is 13.6 Å². The number of sulfonamides is 1. The minimum Gasteiger partial charge on any atom is -0.336 e. The fourth-order valence-electron chi connectivity index (χ4n) is 1.28. The molecule has 1 aromatic rings. The van der Waals surface area contributed by atoms with Gasteiger partial charge in [-0.15, -0.1) is 0 Å². The fourth-order valence-corrected chi connectivity index (χ4v) is 1.80. The van der Waals surface area contributed by atoms with Gasteiger partial charge in [-0.2, -0.15) is 0 Å². The van der Waals surface area contributed by atoms with Crippen molar-refractivity contribution in [3.8, 4) is 0 Å². The SMILES string of the molecule is CC(C)[NH2+]CC(=O)Nc1ccc(S(N)(=O)=O)cc1. The van der Waals surface area contributed by atoms with Gasteiger partial charge in [0.25, 0.3) is 5.91 Å². The second-order valence-electron chi connectivity index (χ2n) is 4.30. The van der Waals surface area contributed by atoms with Crippen molar-refractivity contribution in [3.63, 3.8) is 0 Å². The lowest BCUT2D eigenvalue weighted by Gasteiger charge is -2.07. The Balaban J connectivity index is 2.62. The molecule has 0 heterocycles. The zero-order valence-corrected chi connectivity index (χ0v) is 11.2. The molecule has 6 nitrogen and oxygen atoms in total. The van der Waals surface area contributed by atoms with Gasteiger partial charge in [0.2, 0.25) is 10.0 Å². The van der Waals surface area contributed by atoms with Crippen LogP contribution < -0.4 is 15.8 Å². The molecule has 0 fully saturated rings. The molecule has 0 aliphatic rings. The van der Waals surface area contributed by atoms with Gasteiger partial charge in [0.1, 0.15) is 0 Å². The van der Waals surface area contributed by atoms with E-state index < -0.39 is 10.0 Å². The highest BCUT2D eigenvalue weighted by Crippen LogP contribution is 2.12. The Bertz CT molecular complexity index is 509. The zero-order valence-electron chi connectivity index (χ0n) is 10.4. The number of amides is 1. The fraction of sp³-hybridized carbons (Fsp3) is 0.364. The van der Waals surface area contributed by atoms with Crippen molar-refractivity contribution < 1.29 is 18.5 Å². The Hall–Kier alpha value is -1.44. The van der Waals surface area contributed by atoms with Gasteiger partial charge >= 0.3 is 0 Å². The topological polar surface area (TPSA) is 106 Å². The predicted octanol–water partition coefficient (Wildman–Crippen LogP) is -0.756. The van der Waals surface area contributed by atoms with E-state index in [1.54, 1.807) is 0 Å². The van der Waals surface area contributed by atoms with Crippen molar-refractivity contribution in [1.82, 2.24) is 0 Å². The van der Waals surface area contributed by atoms with Crippen LogP contribution in [0.1, 0.15) is 13.8 Å². The first-order valence-corrected chi connectivity index (χ1v) is 7.09. The van der Waals surface area contributed by atoms with Gasteiger partial charge in [-0.3, -0.25) is 4.79 Å². The number of hydrogen-bond donors (Lipinski definition) is 3. The van der Waals surface area contributed by atoms with Gasteiger partial charge in [0.15, 0.2) is 6.54 Å². The number of quaternary nitrogens is 1. The van der Waals surface area contributed by atoms with E-state index in [0.717, 1.165) is 0 Å². The van der Waals surface area contributed by atoms with Crippen LogP contribution in [-0.4, -0.2) is 26.9 Å². The Labute approximate surface area is 107 Å². The van der Waals surface area contributed by atoms with Crippen LogP contribution in [0.5, 0.6) is 0 Å². The number of carbonyl (C=O) groups is 1. The molecule has 100 valence electrons. The quantitative estimate of drug-likeness (QED) is 0.656. The van der Waals surface area contributed by atoms with Crippen LogP contribution in [-0.2, 0) is 14.8 Å². The van der Waals surface area contributed by atoms with Crippen molar-refractivity contribution in [2.75, 3.05) is 11.9 Å². The summed E-state index contributed by atoms with van der Waals surface area (Å²) in [4.78, 5) is 11.5. The van der Waals surface area contributed by atoms with Crippen LogP contribution in [0.3, 0.4) is 0 Å². The summed E-state index contributed by atoms with van der Waals surface area (Å²) in [7, 11) is -3.69. The lowest BCUT2D eigenvalue weighted by molar-refractivity contribution is -0.672.